The Morgan fingerprint density at radius 3 is 2.13 bits per heavy atom. The molecule has 1 aromatic carbocycles. The van der Waals surface area contributed by atoms with Crippen molar-refractivity contribution in [2.45, 2.75) is 32.9 Å². The van der Waals surface area contributed by atoms with Crippen LogP contribution in [-0.4, -0.2) is 36.1 Å². The molecule has 0 saturated heterocycles. The van der Waals surface area contributed by atoms with Crippen molar-refractivity contribution in [2.24, 2.45) is 5.41 Å². The van der Waals surface area contributed by atoms with Crippen molar-refractivity contribution in [3.05, 3.63) is 46.5 Å². The number of sulfonamides is 1. The van der Waals surface area contributed by atoms with Gasteiger partial charge in [-0.25, -0.2) is 13.2 Å². The molecule has 23 heavy (non-hydrogen) atoms. The van der Waals surface area contributed by atoms with Crippen LogP contribution in [-0.2, 0) is 14.8 Å². The van der Waals surface area contributed by atoms with Crippen molar-refractivity contribution < 1.29 is 18.3 Å². The maximum Gasteiger partial charge on any atom is 0.333 e. The van der Waals surface area contributed by atoms with Crippen molar-refractivity contribution in [3.8, 4) is 0 Å². The van der Waals surface area contributed by atoms with Gasteiger partial charge in [-0.2, -0.15) is 4.31 Å². The molecular formula is C16H20ClNO4S. The molecule has 5 nitrogen and oxygen atoms in total. The predicted molar refractivity (Wildman–Crippen MR) is 89.8 cm³/mol. The average Bonchev–Trinajstić information content (AvgIpc) is 2.79. The lowest BCUT2D eigenvalue weighted by molar-refractivity contribution is -0.133. The third-order valence-electron chi connectivity index (χ3n) is 3.86. The summed E-state index contributed by atoms with van der Waals surface area (Å²) in [5.41, 5.74) is 0.211. The van der Waals surface area contributed by atoms with E-state index in [1.165, 1.54) is 4.31 Å². The third-order valence-corrected chi connectivity index (χ3v) is 5.32. The van der Waals surface area contributed by atoms with Crippen LogP contribution in [0, 0.1) is 5.41 Å². The summed E-state index contributed by atoms with van der Waals surface area (Å²) in [6.07, 6.45) is 2.65. The van der Waals surface area contributed by atoms with Gasteiger partial charge in [-0.3, -0.25) is 0 Å². The first-order chi connectivity index (χ1) is 10.4. The van der Waals surface area contributed by atoms with E-state index < -0.39 is 33.5 Å². The Bertz CT molecular complexity index is 747. The molecular weight excluding hydrogens is 338 g/mol. The molecule has 2 atom stereocenters. The maximum absolute atomic E-state index is 12.4. The van der Waals surface area contributed by atoms with Gasteiger partial charge >= 0.3 is 5.97 Å². The first-order valence-electron chi connectivity index (χ1n) is 7.12. The van der Waals surface area contributed by atoms with Crippen LogP contribution in [0.3, 0.4) is 0 Å². The summed E-state index contributed by atoms with van der Waals surface area (Å²) in [7, 11) is -3.62. The van der Waals surface area contributed by atoms with Gasteiger partial charge in [0.1, 0.15) is 0 Å². The van der Waals surface area contributed by atoms with Crippen molar-refractivity contribution in [1.29, 1.82) is 0 Å². The van der Waals surface area contributed by atoms with E-state index in [1.807, 2.05) is 20.8 Å². The van der Waals surface area contributed by atoms with E-state index >= 15 is 0 Å². The molecule has 0 spiro atoms. The SMILES string of the molecule is CC(C)(C)[C@@H]1C=C(C(=O)O)[C@H](c2ccc(Cl)cc2)N1S(C)(=O)=O. The fraction of sp³-hybridized carbons (Fsp3) is 0.438. The number of carboxylic acid groups (broad SMARTS) is 1. The Hall–Kier alpha value is -1.37. The maximum atomic E-state index is 12.4. The zero-order valence-electron chi connectivity index (χ0n) is 13.4. The highest BCUT2D eigenvalue weighted by molar-refractivity contribution is 7.88. The quantitative estimate of drug-likeness (QED) is 0.902. The Morgan fingerprint density at radius 2 is 1.74 bits per heavy atom. The normalized spacial score (nSPS) is 22.9. The van der Waals surface area contributed by atoms with E-state index in [1.54, 1.807) is 30.3 Å². The smallest absolute Gasteiger partial charge is 0.333 e. The highest BCUT2D eigenvalue weighted by Crippen LogP contribution is 2.44. The molecule has 1 N–H and O–H groups in total. The number of hydrogen-bond donors (Lipinski definition) is 1. The monoisotopic (exact) mass is 357 g/mol. The number of nitrogens with zero attached hydrogens (tertiary/aromatic N) is 1. The predicted octanol–water partition coefficient (Wildman–Crippen LogP) is 3.08. The summed E-state index contributed by atoms with van der Waals surface area (Å²) in [6.45, 7) is 5.65. The molecule has 1 aliphatic rings. The molecule has 7 heteroatoms. The number of hydrogen-bond acceptors (Lipinski definition) is 3. The summed E-state index contributed by atoms with van der Waals surface area (Å²) < 4.78 is 26.0. The molecule has 126 valence electrons. The molecule has 0 aromatic heterocycles. The molecule has 0 unspecified atom stereocenters. The van der Waals surface area contributed by atoms with Crippen molar-refractivity contribution in [1.82, 2.24) is 4.31 Å². The zero-order valence-corrected chi connectivity index (χ0v) is 15.0. The number of carbonyl (C=O) groups is 1. The molecule has 0 fully saturated rings. The summed E-state index contributed by atoms with van der Waals surface area (Å²) in [4.78, 5) is 11.7. The van der Waals surface area contributed by atoms with E-state index in [2.05, 4.69) is 0 Å². The third kappa shape index (κ3) is 3.59. The number of aliphatic carboxylic acids is 1. The minimum Gasteiger partial charge on any atom is -0.478 e. The molecule has 0 aliphatic carbocycles. The Kier molecular flexibility index (Phi) is 4.63. The minimum atomic E-state index is -3.62. The number of rotatable bonds is 3. The molecule has 0 saturated carbocycles. The Labute approximate surface area is 141 Å². The van der Waals surface area contributed by atoms with Crippen LogP contribution in [0.4, 0.5) is 0 Å². The average molecular weight is 358 g/mol. The standard InChI is InChI=1S/C16H20ClNO4S/c1-16(2,3)13-9-12(15(19)20)14(18(13)23(4,21)22)10-5-7-11(17)8-6-10/h5-9,13-14H,1-4H3,(H,19,20)/t13-,14-/m0/s1. The lowest BCUT2D eigenvalue weighted by Crippen LogP contribution is -2.44. The molecule has 0 amide bonds. The van der Waals surface area contributed by atoms with Crippen LogP contribution in [0.1, 0.15) is 32.4 Å². The van der Waals surface area contributed by atoms with Gasteiger partial charge in [0.25, 0.3) is 0 Å². The largest absolute Gasteiger partial charge is 0.478 e. The zero-order chi connectivity index (χ0) is 17.6. The second kappa shape index (κ2) is 5.92. The van der Waals surface area contributed by atoms with Gasteiger partial charge in [-0.15, -0.1) is 0 Å². The molecule has 0 radical (unpaired) electrons. The minimum absolute atomic E-state index is 0.0673. The van der Waals surface area contributed by atoms with E-state index in [4.69, 9.17) is 11.6 Å². The topological polar surface area (TPSA) is 74.7 Å². The summed E-state index contributed by atoms with van der Waals surface area (Å²) in [5, 5.41) is 10.1. The molecule has 1 aromatic rings. The van der Waals surface area contributed by atoms with E-state index in [0.29, 0.717) is 10.6 Å². The van der Waals surface area contributed by atoms with Gasteiger partial charge in [0.15, 0.2) is 0 Å². The fourth-order valence-corrected chi connectivity index (χ4v) is 4.36. The first-order valence-corrected chi connectivity index (χ1v) is 9.34. The molecule has 2 rings (SSSR count). The van der Waals surface area contributed by atoms with E-state index in [-0.39, 0.29) is 5.57 Å². The molecule has 1 heterocycles. The number of benzene rings is 1. The van der Waals surface area contributed by atoms with Crippen molar-refractivity contribution >= 4 is 27.6 Å². The van der Waals surface area contributed by atoms with Gasteiger partial charge in [-0.05, 0) is 23.1 Å². The Balaban J connectivity index is 2.66. The van der Waals surface area contributed by atoms with E-state index in [9.17, 15) is 18.3 Å². The highest BCUT2D eigenvalue weighted by atomic mass is 35.5. The van der Waals surface area contributed by atoms with Crippen LogP contribution < -0.4 is 0 Å². The van der Waals surface area contributed by atoms with Crippen LogP contribution in [0.2, 0.25) is 5.02 Å². The number of halogens is 1. The van der Waals surface area contributed by atoms with Crippen molar-refractivity contribution in [3.63, 3.8) is 0 Å². The molecule has 1 aliphatic heterocycles. The fourth-order valence-electron chi connectivity index (χ4n) is 2.82. The highest BCUT2D eigenvalue weighted by Gasteiger charge is 2.47. The second-order valence-electron chi connectivity index (χ2n) is 6.79. The van der Waals surface area contributed by atoms with Gasteiger partial charge < -0.3 is 5.11 Å². The van der Waals surface area contributed by atoms with Gasteiger partial charge in [0.2, 0.25) is 10.0 Å². The van der Waals surface area contributed by atoms with Gasteiger partial charge in [-0.1, -0.05) is 50.6 Å². The molecule has 0 bridgehead atoms. The van der Waals surface area contributed by atoms with Crippen molar-refractivity contribution in [2.75, 3.05) is 6.26 Å². The van der Waals surface area contributed by atoms with E-state index in [0.717, 1.165) is 6.26 Å². The summed E-state index contributed by atoms with van der Waals surface area (Å²) in [5.74, 6) is -1.12. The van der Waals surface area contributed by atoms with Gasteiger partial charge in [0.05, 0.1) is 17.9 Å². The van der Waals surface area contributed by atoms with Gasteiger partial charge in [0, 0.05) is 11.1 Å². The summed E-state index contributed by atoms with van der Waals surface area (Å²) >= 11 is 5.88. The van der Waals surface area contributed by atoms with Crippen LogP contribution >= 0.6 is 11.6 Å². The Morgan fingerprint density at radius 1 is 1.22 bits per heavy atom. The van der Waals surface area contributed by atoms with Crippen LogP contribution in [0.15, 0.2) is 35.9 Å². The van der Waals surface area contributed by atoms with Crippen LogP contribution in [0.25, 0.3) is 0 Å². The number of carboxylic acids is 1. The second-order valence-corrected chi connectivity index (χ2v) is 9.11. The lowest BCUT2D eigenvalue weighted by Gasteiger charge is -2.36. The van der Waals surface area contributed by atoms with Crippen LogP contribution in [0.5, 0.6) is 0 Å². The summed E-state index contributed by atoms with van der Waals surface area (Å²) in [6, 6.07) is 5.18. The lowest BCUT2D eigenvalue weighted by atomic mass is 9.87. The first kappa shape index (κ1) is 18.0.